The second-order valence-corrected chi connectivity index (χ2v) is 6.83. The van der Waals surface area contributed by atoms with Gasteiger partial charge in [0.15, 0.2) is 11.6 Å². The molecule has 0 aliphatic carbocycles. The molecule has 8 heteroatoms. The Morgan fingerprint density at radius 1 is 1.33 bits per heavy atom. The van der Waals surface area contributed by atoms with E-state index in [1.807, 2.05) is 25.7 Å². The number of likely N-dealkylation sites (N-methyl/N-ethyl adjacent to an activating group) is 1. The highest BCUT2D eigenvalue weighted by molar-refractivity contribution is 6.04. The summed E-state index contributed by atoms with van der Waals surface area (Å²) in [6.45, 7) is 7.53. The highest BCUT2D eigenvalue weighted by atomic mass is 16.2. The molecule has 2 aromatic rings. The Morgan fingerprint density at radius 3 is 2.70 bits per heavy atom. The number of carbonyl (C=O) groups excluding carboxylic acids is 2. The van der Waals surface area contributed by atoms with Crippen molar-refractivity contribution in [2.45, 2.75) is 46.2 Å². The number of rotatable bonds is 4. The van der Waals surface area contributed by atoms with Gasteiger partial charge in [-0.25, -0.2) is 9.97 Å². The summed E-state index contributed by atoms with van der Waals surface area (Å²) in [6, 6.07) is 1.60. The lowest BCUT2D eigenvalue weighted by Gasteiger charge is -2.42. The van der Waals surface area contributed by atoms with E-state index in [0.29, 0.717) is 29.2 Å². The van der Waals surface area contributed by atoms with Crippen molar-refractivity contribution in [1.82, 2.24) is 15.0 Å². The third kappa shape index (κ3) is 3.34. The van der Waals surface area contributed by atoms with Gasteiger partial charge in [-0.15, -0.1) is 0 Å². The van der Waals surface area contributed by atoms with Crippen LogP contribution in [0.3, 0.4) is 0 Å². The molecule has 1 aliphatic rings. The normalized spacial score (nSPS) is 16.5. The number of carbonyl (C=O) groups is 2. The summed E-state index contributed by atoms with van der Waals surface area (Å²) < 4.78 is 0. The Hall–Kier alpha value is -3.03. The van der Waals surface area contributed by atoms with Crippen LogP contribution in [0.4, 0.5) is 17.2 Å². The quantitative estimate of drug-likeness (QED) is 0.891. The van der Waals surface area contributed by atoms with E-state index in [-0.39, 0.29) is 23.9 Å². The van der Waals surface area contributed by atoms with Crippen molar-refractivity contribution < 1.29 is 9.59 Å². The van der Waals surface area contributed by atoms with Crippen molar-refractivity contribution in [2.24, 2.45) is 0 Å². The smallest absolute Gasteiger partial charge is 0.249 e. The van der Waals surface area contributed by atoms with Crippen LogP contribution in [0, 0.1) is 0 Å². The molecule has 0 radical (unpaired) electrons. The van der Waals surface area contributed by atoms with Gasteiger partial charge in [-0.05, 0) is 26.3 Å². The van der Waals surface area contributed by atoms with Crippen molar-refractivity contribution in [1.29, 1.82) is 0 Å². The van der Waals surface area contributed by atoms with Crippen LogP contribution >= 0.6 is 0 Å². The molecule has 0 aromatic carbocycles. The first kappa shape index (κ1) is 18.8. The molecule has 0 bridgehead atoms. The molecular formula is C19H24N6O2. The number of nitrogens with one attached hydrogen (secondary N) is 1. The van der Waals surface area contributed by atoms with Crippen molar-refractivity contribution >= 4 is 29.0 Å². The fourth-order valence-electron chi connectivity index (χ4n) is 3.39. The van der Waals surface area contributed by atoms with E-state index in [2.05, 4.69) is 15.3 Å². The highest BCUT2D eigenvalue weighted by Crippen LogP contribution is 2.37. The Kier molecular flexibility index (Phi) is 5.07. The van der Waals surface area contributed by atoms with Gasteiger partial charge >= 0.3 is 0 Å². The topological polar surface area (TPSA) is 91.3 Å². The third-order valence-electron chi connectivity index (χ3n) is 4.62. The standard InChI is InChI=1S/C19H24N6O2/c1-6-15-19(27)24(5)16-10-21-17(23-18(16)25(15)11(2)3)13-7-8-20-9-14(13)22-12(4)26/h7-11,15H,6H2,1-5H3,(H,22,26)/t15-/m1/s1. The largest absolute Gasteiger partial charge is 0.340 e. The van der Waals surface area contributed by atoms with Crippen LogP contribution in [0.1, 0.15) is 34.1 Å². The Morgan fingerprint density at radius 2 is 2.07 bits per heavy atom. The molecule has 142 valence electrons. The highest BCUT2D eigenvalue weighted by Gasteiger charge is 2.38. The average molecular weight is 368 g/mol. The molecule has 1 N–H and O–H groups in total. The second kappa shape index (κ2) is 7.30. The van der Waals surface area contributed by atoms with Crippen molar-refractivity contribution in [3.63, 3.8) is 0 Å². The molecular weight excluding hydrogens is 344 g/mol. The van der Waals surface area contributed by atoms with Crippen LogP contribution < -0.4 is 15.1 Å². The Labute approximate surface area is 158 Å². The van der Waals surface area contributed by atoms with Gasteiger partial charge < -0.3 is 15.1 Å². The monoisotopic (exact) mass is 368 g/mol. The molecule has 27 heavy (non-hydrogen) atoms. The third-order valence-corrected chi connectivity index (χ3v) is 4.62. The van der Waals surface area contributed by atoms with Crippen molar-refractivity contribution in [3.8, 4) is 11.4 Å². The lowest BCUT2D eigenvalue weighted by atomic mass is 10.1. The first-order chi connectivity index (χ1) is 12.8. The minimum Gasteiger partial charge on any atom is -0.340 e. The number of aromatic nitrogens is 3. The van der Waals surface area contributed by atoms with Gasteiger partial charge in [0.1, 0.15) is 11.7 Å². The molecule has 3 heterocycles. The van der Waals surface area contributed by atoms with Crippen LogP contribution in [-0.2, 0) is 9.59 Å². The van der Waals surface area contributed by atoms with Crippen LogP contribution in [-0.4, -0.2) is 45.9 Å². The van der Waals surface area contributed by atoms with Gasteiger partial charge in [0.25, 0.3) is 0 Å². The van der Waals surface area contributed by atoms with E-state index in [1.54, 1.807) is 36.6 Å². The van der Waals surface area contributed by atoms with E-state index in [0.717, 1.165) is 5.82 Å². The zero-order valence-electron chi connectivity index (χ0n) is 16.2. The number of nitrogens with zero attached hydrogens (tertiary/aromatic N) is 5. The summed E-state index contributed by atoms with van der Waals surface area (Å²) in [5.41, 5.74) is 1.91. The van der Waals surface area contributed by atoms with Crippen LogP contribution in [0.15, 0.2) is 24.7 Å². The Bertz CT molecular complexity index is 882. The fraction of sp³-hybridized carbons (Fsp3) is 0.421. The average Bonchev–Trinajstić information content (AvgIpc) is 2.63. The SMILES string of the molecule is CC[C@@H]1C(=O)N(C)c2cnc(-c3ccncc3NC(C)=O)nc2N1C(C)C. The summed E-state index contributed by atoms with van der Waals surface area (Å²) in [5, 5.41) is 2.76. The van der Waals surface area contributed by atoms with E-state index >= 15 is 0 Å². The first-order valence-electron chi connectivity index (χ1n) is 9.00. The van der Waals surface area contributed by atoms with E-state index in [1.165, 1.54) is 6.92 Å². The maximum absolute atomic E-state index is 12.7. The summed E-state index contributed by atoms with van der Waals surface area (Å²) in [5.74, 6) is 1.04. The van der Waals surface area contributed by atoms with Gasteiger partial charge in [-0.2, -0.15) is 0 Å². The predicted molar refractivity (Wildman–Crippen MR) is 105 cm³/mol. The number of fused-ring (bicyclic) bond motifs is 1. The zero-order chi connectivity index (χ0) is 19.7. The van der Waals surface area contributed by atoms with E-state index < -0.39 is 0 Å². The number of hydrogen-bond donors (Lipinski definition) is 1. The molecule has 0 fully saturated rings. The van der Waals surface area contributed by atoms with Crippen LogP contribution in [0.2, 0.25) is 0 Å². The fourth-order valence-corrected chi connectivity index (χ4v) is 3.39. The lowest BCUT2D eigenvalue weighted by molar-refractivity contribution is -0.120. The van der Waals surface area contributed by atoms with Gasteiger partial charge in [-0.1, -0.05) is 6.92 Å². The van der Waals surface area contributed by atoms with Gasteiger partial charge in [0.05, 0.1) is 18.1 Å². The minimum absolute atomic E-state index is 0.0397. The molecule has 2 amide bonds. The predicted octanol–water partition coefficient (Wildman–Crippen LogP) is 2.47. The summed E-state index contributed by atoms with van der Waals surface area (Å²) >= 11 is 0. The molecule has 1 aliphatic heterocycles. The van der Waals surface area contributed by atoms with Gasteiger partial charge in [-0.3, -0.25) is 14.6 Å². The maximum Gasteiger partial charge on any atom is 0.249 e. The number of anilines is 3. The van der Waals surface area contributed by atoms with E-state index in [9.17, 15) is 9.59 Å². The molecule has 3 rings (SSSR count). The number of pyridine rings is 1. The molecule has 2 aromatic heterocycles. The van der Waals surface area contributed by atoms with Crippen molar-refractivity contribution in [2.75, 3.05) is 22.2 Å². The van der Waals surface area contributed by atoms with Crippen LogP contribution in [0.25, 0.3) is 11.4 Å². The van der Waals surface area contributed by atoms with Crippen LogP contribution in [0.5, 0.6) is 0 Å². The first-order valence-corrected chi connectivity index (χ1v) is 9.00. The molecule has 0 spiro atoms. The van der Waals surface area contributed by atoms with E-state index in [4.69, 9.17) is 4.98 Å². The molecule has 0 saturated carbocycles. The summed E-state index contributed by atoms with van der Waals surface area (Å²) in [4.78, 5) is 41.2. The second-order valence-electron chi connectivity index (χ2n) is 6.83. The number of amides is 2. The maximum atomic E-state index is 12.7. The van der Waals surface area contributed by atoms with Gasteiger partial charge in [0, 0.05) is 31.8 Å². The lowest BCUT2D eigenvalue weighted by Crippen LogP contribution is -2.54. The zero-order valence-corrected chi connectivity index (χ0v) is 16.2. The molecule has 0 saturated heterocycles. The number of hydrogen-bond acceptors (Lipinski definition) is 6. The van der Waals surface area contributed by atoms with Gasteiger partial charge in [0.2, 0.25) is 11.8 Å². The summed E-state index contributed by atoms with van der Waals surface area (Å²) in [6.07, 6.45) is 5.56. The minimum atomic E-state index is -0.266. The molecule has 8 nitrogen and oxygen atoms in total. The molecule has 0 unspecified atom stereocenters. The van der Waals surface area contributed by atoms with Crippen molar-refractivity contribution in [3.05, 3.63) is 24.7 Å². The summed E-state index contributed by atoms with van der Waals surface area (Å²) in [7, 11) is 1.75. The molecule has 1 atom stereocenters. The Balaban J connectivity index is 2.15.